The zero-order chi connectivity index (χ0) is 45.5. The number of likely N-dealkylation sites (tertiary alicyclic amines) is 1. The Kier molecular flexibility index (Phi) is 12.0. The van der Waals surface area contributed by atoms with Gasteiger partial charge >= 0.3 is 0 Å². The number of rotatable bonds is 9. The van der Waals surface area contributed by atoms with Crippen LogP contribution in [0.1, 0.15) is 68.4 Å². The monoisotopic (exact) mass is 917 g/mol. The maximum absolute atomic E-state index is 14.9. The summed E-state index contributed by atoms with van der Waals surface area (Å²) in [6.45, 7) is 6.67. The number of nitrogens with zero attached hydrogens (tertiary/aromatic N) is 2. The number of aryl methyl sites for hydroxylation is 1. The number of H-pyrrole nitrogens is 2. The van der Waals surface area contributed by atoms with Crippen LogP contribution in [0.25, 0.3) is 33.2 Å². The third kappa shape index (κ3) is 8.86. The molecule has 0 unspecified atom stereocenters. The number of sulfonamides is 1. The van der Waals surface area contributed by atoms with Gasteiger partial charge in [-0.15, -0.1) is 11.3 Å². The van der Waals surface area contributed by atoms with Crippen LogP contribution in [0.5, 0.6) is 11.5 Å². The summed E-state index contributed by atoms with van der Waals surface area (Å²) in [5.41, 5.74) is 2.91. The van der Waals surface area contributed by atoms with Crippen LogP contribution < -0.4 is 35.1 Å². The minimum atomic E-state index is -4.36. The van der Waals surface area contributed by atoms with Crippen molar-refractivity contribution < 1.29 is 37.3 Å². The number of fused-ring (bicyclic) bond motifs is 4. The number of anilines is 2. The molecule has 6 N–H and O–H groups in total. The number of allylic oxidation sites excluding steroid dienone is 1. The number of hydrogen-bond donors (Lipinski definition) is 5. The van der Waals surface area contributed by atoms with Crippen molar-refractivity contribution in [1.29, 1.82) is 0 Å². The van der Waals surface area contributed by atoms with Crippen LogP contribution in [0.2, 0.25) is 0 Å². The third-order valence-corrected chi connectivity index (χ3v) is 14.6. The van der Waals surface area contributed by atoms with E-state index in [0.717, 1.165) is 58.2 Å². The topological polar surface area (TPSA) is 198 Å². The fourth-order valence-corrected chi connectivity index (χ4v) is 11.0. The van der Waals surface area contributed by atoms with E-state index in [1.54, 1.807) is 31.4 Å². The number of ether oxygens (including phenoxy) is 2. The van der Waals surface area contributed by atoms with Crippen LogP contribution in [0.3, 0.4) is 0 Å². The van der Waals surface area contributed by atoms with Gasteiger partial charge in [-0.3, -0.25) is 14.4 Å². The molecule has 17 heteroatoms. The molecule has 0 radical (unpaired) electrons. The van der Waals surface area contributed by atoms with Crippen molar-refractivity contribution >= 4 is 71.7 Å². The van der Waals surface area contributed by atoms with Gasteiger partial charge in [0.1, 0.15) is 45.5 Å². The lowest BCUT2D eigenvalue weighted by Gasteiger charge is -2.26. The quantitative estimate of drug-likeness (QED) is 0.0944. The van der Waals surface area contributed by atoms with Crippen LogP contribution in [0, 0.1) is 12.8 Å². The zero-order valence-corrected chi connectivity index (χ0v) is 38.3. The molecule has 5 heterocycles. The van der Waals surface area contributed by atoms with E-state index in [9.17, 15) is 22.8 Å². The highest BCUT2D eigenvalue weighted by molar-refractivity contribution is 7.90. The highest BCUT2D eigenvalue weighted by Crippen LogP contribution is 2.46. The lowest BCUT2D eigenvalue weighted by molar-refractivity contribution is -0.331. The second-order valence-corrected chi connectivity index (χ2v) is 19.8. The zero-order valence-electron chi connectivity index (χ0n) is 36.7. The van der Waals surface area contributed by atoms with E-state index in [2.05, 4.69) is 30.6 Å². The van der Waals surface area contributed by atoms with E-state index in [-0.39, 0.29) is 30.3 Å². The summed E-state index contributed by atoms with van der Waals surface area (Å²) in [4.78, 5) is 56.8. The number of methoxy groups -OCH3 is 1. The van der Waals surface area contributed by atoms with Gasteiger partial charge in [-0.1, -0.05) is 48.9 Å². The Morgan fingerprint density at radius 1 is 1.03 bits per heavy atom. The van der Waals surface area contributed by atoms with Gasteiger partial charge in [0.05, 0.1) is 36.4 Å². The fraction of sp³-hybridized carbons (Fsp3) is 0.354. The second-order valence-electron chi connectivity index (χ2n) is 17.3. The number of hydrogen-bond acceptors (Lipinski definition) is 11. The first-order valence-electron chi connectivity index (χ1n) is 22.0. The first kappa shape index (κ1) is 43.8. The van der Waals surface area contributed by atoms with Gasteiger partial charge in [-0.2, -0.15) is 0 Å². The number of thiazole rings is 1. The molecular formula is C48H53N8O7S2+. The molecular weight excluding hydrogens is 865 g/mol. The molecule has 65 heavy (non-hydrogen) atoms. The van der Waals surface area contributed by atoms with Crippen LogP contribution in [0.15, 0.2) is 95.2 Å². The number of amides is 3. The average Bonchev–Trinajstić information content (AvgIpc) is 3.65. The minimum absolute atomic E-state index is 0.0384. The molecule has 3 amide bonds. The maximum atomic E-state index is 14.9. The van der Waals surface area contributed by atoms with Gasteiger partial charge in [0.15, 0.2) is 5.13 Å². The van der Waals surface area contributed by atoms with Gasteiger partial charge in [0, 0.05) is 41.2 Å². The molecule has 1 saturated carbocycles. The first-order chi connectivity index (χ1) is 31.3. The van der Waals surface area contributed by atoms with Crippen molar-refractivity contribution in [3.05, 3.63) is 102 Å². The summed E-state index contributed by atoms with van der Waals surface area (Å²) in [5.74, 6) is -1.13. The number of carbonyl (C=O) groups is 3. The Morgan fingerprint density at radius 3 is 2.66 bits per heavy atom. The predicted molar refractivity (Wildman–Crippen MR) is 251 cm³/mol. The Labute approximate surface area is 381 Å². The van der Waals surface area contributed by atoms with Crippen LogP contribution in [0.4, 0.5) is 10.8 Å². The van der Waals surface area contributed by atoms with Crippen molar-refractivity contribution in [3.63, 3.8) is 0 Å². The number of pyridine rings is 1. The molecule has 3 aromatic heterocycles. The summed E-state index contributed by atoms with van der Waals surface area (Å²) >= 11 is 1.49. The fourth-order valence-electron chi connectivity index (χ4n) is 8.93. The van der Waals surface area contributed by atoms with Crippen molar-refractivity contribution in [2.45, 2.75) is 87.9 Å². The smallest absolute Gasteiger partial charge is 0.271 e. The summed E-state index contributed by atoms with van der Waals surface area (Å²) in [5, 5.41) is 13.9. The predicted octanol–water partition coefficient (Wildman–Crippen LogP) is 6.98. The molecule has 2 aliphatic heterocycles. The SMILES string of the molecule is COc1ccc2c(O[C@@H]3C[C@@H](C(=O)N[C@]45C[C@H]4/C=C\CCCCCNc4ccccc4S(=O)(=O)NC5=O)N(C(=O)c4cc5ccccc5[nH]4)C3)cc(-c3csc(NC(C)C)n3)[nH+]c2c1C. The van der Waals surface area contributed by atoms with Gasteiger partial charge < -0.3 is 35.3 Å². The van der Waals surface area contributed by atoms with Crippen molar-refractivity contribution in [2.75, 3.05) is 30.8 Å². The Balaban J connectivity index is 1.06. The highest BCUT2D eigenvalue weighted by atomic mass is 32.2. The summed E-state index contributed by atoms with van der Waals surface area (Å²) in [6.07, 6.45) is 6.92. The van der Waals surface area contributed by atoms with Gasteiger partial charge in [-0.25, -0.2) is 23.1 Å². The van der Waals surface area contributed by atoms with E-state index in [1.807, 2.05) is 80.8 Å². The average molecular weight is 918 g/mol. The summed E-state index contributed by atoms with van der Waals surface area (Å²) < 4.78 is 42.7. The third-order valence-electron chi connectivity index (χ3n) is 12.4. The summed E-state index contributed by atoms with van der Waals surface area (Å²) in [7, 11) is -2.74. The molecule has 3 aromatic carbocycles. The first-order valence-corrected chi connectivity index (χ1v) is 24.4. The number of carbonyl (C=O) groups excluding carboxylic acids is 3. The standard InChI is InChI=1S/C48H52N8O7S2/c1-28(2)50-47-53-38(27-64-47)36-24-41(33-19-20-40(62-4)29(3)43(33)52-36)63-32-23-39(56(26-32)45(58)37-22-30-14-9-10-16-34(30)51-37)44(57)54-48-25-31(48)15-8-6-5-7-13-21-49-35-17-11-12-18-42(35)65(60,61)55-46(48)59/h8-12,14-20,22,24,27-28,31-32,39,49,51H,5-7,13,21,23,25-26H2,1-4H3,(H,50,53)(H,54,57)(H,55,59)/p+1/b15-8-/t31-,32-,39+,48-/m1/s1. The van der Waals surface area contributed by atoms with Crippen LogP contribution >= 0.6 is 11.3 Å². The number of para-hydroxylation sites is 2. The lowest BCUT2D eigenvalue weighted by atomic mass is 10.1. The molecule has 1 saturated heterocycles. The minimum Gasteiger partial charge on any atom is -0.496 e. The van der Waals surface area contributed by atoms with E-state index in [0.29, 0.717) is 40.8 Å². The van der Waals surface area contributed by atoms with Crippen LogP contribution in [-0.4, -0.2) is 84.9 Å². The maximum Gasteiger partial charge on any atom is 0.271 e. The Morgan fingerprint density at radius 2 is 1.85 bits per heavy atom. The van der Waals surface area contributed by atoms with Crippen molar-refractivity contribution in [3.8, 4) is 22.9 Å². The van der Waals surface area contributed by atoms with E-state index in [1.165, 1.54) is 22.3 Å². The molecule has 4 atom stereocenters. The van der Waals surface area contributed by atoms with Crippen molar-refractivity contribution in [2.24, 2.45) is 5.92 Å². The molecule has 0 spiro atoms. The number of nitrogens with one attached hydrogen (secondary N) is 6. The molecule has 2 fully saturated rings. The van der Waals surface area contributed by atoms with Gasteiger partial charge in [0.2, 0.25) is 17.1 Å². The molecule has 15 nitrogen and oxygen atoms in total. The largest absolute Gasteiger partial charge is 0.496 e. The number of aromatic nitrogens is 3. The molecule has 338 valence electrons. The normalized spacial score (nSPS) is 22.4. The lowest BCUT2D eigenvalue weighted by Crippen LogP contribution is -2.56. The van der Waals surface area contributed by atoms with Crippen LogP contribution in [-0.2, 0) is 19.6 Å². The van der Waals surface area contributed by atoms with Crippen molar-refractivity contribution in [1.82, 2.24) is 24.9 Å². The van der Waals surface area contributed by atoms with Gasteiger partial charge in [-0.05, 0) is 82.9 Å². The number of aromatic amines is 2. The van der Waals surface area contributed by atoms with E-state index >= 15 is 0 Å². The van der Waals surface area contributed by atoms with Gasteiger partial charge in [0.25, 0.3) is 21.8 Å². The van der Waals surface area contributed by atoms with E-state index in [4.69, 9.17) is 14.5 Å². The highest BCUT2D eigenvalue weighted by Gasteiger charge is 2.61. The van der Waals surface area contributed by atoms with E-state index < -0.39 is 51.3 Å². The molecule has 0 bridgehead atoms. The molecule has 6 aromatic rings. The summed E-state index contributed by atoms with van der Waals surface area (Å²) in [6, 6.07) is 20.5. The molecule has 9 rings (SSSR count). The molecule has 1 aliphatic carbocycles. The second kappa shape index (κ2) is 17.8. The number of benzene rings is 3. The Hall–Kier alpha value is -6.46. The molecule has 3 aliphatic rings. The Bertz CT molecular complexity index is 2910.